The minimum Gasteiger partial charge on any atom is -0.461 e. The highest BCUT2D eigenvalue weighted by molar-refractivity contribution is 8.02. The number of aromatic nitrogens is 2. The highest BCUT2D eigenvalue weighted by Crippen LogP contribution is 2.41. The lowest BCUT2D eigenvalue weighted by Gasteiger charge is -2.22. The molecule has 2 rings (SSSR count). The molecule has 0 spiro atoms. The zero-order valence-electron chi connectivity index (χ0n) is 14.5. The molecule has 0 aliphatic carbocycles. The Labute approximate surface area is 147 Å². The first kappa shape index (κ1) is 18.5. The number of thioether (sulfide) groups is 1. The van der Waals surface area contributed by atoms with Gasteiger partial charge in [-0.05, 0) is 13.3 Å². The van der Waals surface area contributed by atoms with E-state index in [0.717, 1.165) is 28.2 Å². The molecule has 24 heavy (non-hydrogen) atoms. The highest BCUT2D eigenvalue weighted by Gasteiger charge is 2.31. The van der Waals surface area contributed by atoms with Crippen LogP contribution in [0.25, 0.3) is 5.57 Å². The minimum absolute atomic E-state index is 0.0380. The van der Waals surface area contributed by atoms with E-state index in [-0.39, 0.29) is 12.0 Å². The van der Waals surface area contributed by atoms with Crippen molar-refractivity contribution >= 4 is 23.3 Å². The molecule has 1 aliphatic rings. The van der Waals surface area contributed by atoms with Gasteiger partial charge in [0.2, 0.25) is 0 Å². The molecule has 0 saturated carbocycles. The summed E-state index contributed by atoms with van der Waals surface area (Å²) in [6.07, 6.45) is 4.46. The Balaban J connectivity index is 2.68. The van der Waals surface area contributed by atoms with Crippen LogP contribution in [-0.4, -0.2) is 36.1 Å². The number of nitrogens with zero attached hydrogens (tertiary/aromatic N) is 2. The minimum atomic E-state index is -0.383. The second-order valence-electron chi connectivity index (χ2n) is 5.33. The van der Waals surface area contributed by atoms with Gasteiger partial charge in [-0.1, -0.05) is 32.2 Å². The Morgan fingerprint density at radius 2 is 2.17 bits per heavy atom. The number of allylic oxidation sites excluding steroid dienone is 3. The van der Waals surface area contributed by atoms with E-state index in [1.807, 2.05) is 10.8 Å². The molecule has 0 N–H and O–H groups in total. The normalized spacial score (nSPS) is 15.0. The van der Waals surface area contributed by atoms with E-state index < -0.39 is 0 Å². The SMILES string of the molecule is C=CC1=C(C=C)c2c(c(C(=O)OCC)nn2C(CC)COC)CS1. The quantitative estimate of drug-likeness (QED) is 0.665. The summed E-state index contributed by atoms with van der Waals surface area (Å²) in [5, 5.41) is 4.60. The molecule has 1 aliphatic heterocycles. The smallest absolute Gasteiger partial charge is 0.359 e. The lowest BCUT2D eigenvalue weighted by Crippen LogP contribution is -2.18. The third-order valence-electron chi connectivity index (χ3n) is 3.94. The van der Waals surface area contributed by atoms with E-state index in [1.54, 1.807) is 31.9 Å². The van der Waals surface area contributed by atoms with Crippen LogP contribution in [0.1, 0.15) is 48.1 Å². The molecule has 1 unspecified atom stereocenters. The number of ether oxygens (including phenoxy) is 2. The van der Waals surface area contributed by atoms with Gasteiger partial charge in [-0.3, -0.25) is 4.68 Å². The van der Waals surface area contributed by atoms with Crippen LogP contribution < -0.4 is 0 Å². The standard InChI is InChI=1S/C18H24N2O3S/c1-6-12(10-22-5)20-17-13(7-2)15(8-3)24-11-14(17)16(19-20)18(21)23-9-4/h7-8,12H,2-3,6,9-11H2,1,4-5H3. The fourth-order valence-electron chi connectivity index (χ4n) is 2.78. The topological polar surface area (TPSA) is 53.3 Å². The van der Waals surface area contributed by atoms with Gasteiger partial charge in [-0.2, -0.15) is 5.10 Å². The van der Waals surface area contributed by atoms with E-state index in [2.05, 4.69) is 25.2 Å². The van der Waals surface area contributed by atoms with E-state index in [9.17, 15) is 4.79 Å². The lowest BCUT2D eigenvalue weighted by atomic mass is 10.0. The summed E-state index contributed by atoms with van der Waals surface area (Å²) < 4.78 is 12.4. The molecule has 1 aromatic rings. The number of rotatable bonds is 8. The van der Waals surface area contributed by atoms with E-state index in [0.29, 0.717) is 24.7 Å². The van der Waals surface area contributed by atoms with Crippen molar-refractivity contribution < 1.29 is 14.3 Å². The molecule has 1 atom stereocenters. The van der Waals surface area contributed by atoms with E-state index in [1.165, 1.54) is 0 Å². The Bertz CT molecular complexity index is 676. The summed E-state index contributed by atoms with van der Waals surface area (Å²) in [6.45, 7) is 12.5. The molecule has 0 amide bonds. The zero-order chi connectivity index (χ0) is 17.7. The van der Waals surface area contributed by atoms with Crippen molar-refractivity contribution in [3.8, 4) is 0 Å². The molecular formula is C18H24N2O3S. The molecule has 5 nitrogen and oxygen atoms in total. The fourth-order valence-corrected chi connectivity index (χ4v) is 3.81. The number of methoxy groups -OCH3 is 1. The van der Waals surface area contributed by atoms with Crippen molar-refractivity contribution in [2.45, 2.75) is 32.1 Å². The predicted octanol–water partition coefficient (Wildman–Crippen LogP) is 3.99. The average molecular weight is 348 g/mol. The lowest BCUT2D eigenvalue weighted by molar-refractivity contribution is 0.0516. The van der Waals surface area contributed by atoms with Crippen LogP contribution in [0.2, 0.25) is 0 Å². The summed E-state index contributed by atoms with van der Waals surface area (Å²) in [7, 11) is 1.67. The summed E-state index contributed by atoms with van der Waals surface area (Å²) in [4.78, 5) is 13.4. The van der Waals surface area contributed by atoms with Gasteiger partial charge in [0.25, 0.3) is 0 Å². The van der Waals surface area contributed by atoms with Crippen molar-refractivity contribution in [3.63, 3.8) is 0 Å². The van der Waals surface area contributed by atoms with Crippen LogP contribution in [0.4, 0.5) is 0 Å². The van der Waals surface area contributed by atoms with E-state index >= 15 is 0 Å². The van der Waals surface area contributed by atoms with Crippen LogP contribution in [0.5, 0.6) is 0 Å². The first-order chi connectivity index (χ1) is 11.6. The van der Waals surface area contributed by atoms with Crippen molar-refractivity contribution in [1.82, 2.24) is 9.78 Å². The van der Waals surface area contributed by atoms with Crippen LogP contribution in [0.3, 0.4) is 0 Å². The molecule has 0 aromatic carbocycles. The molecular weight excluding hydrogens is 324 g/mol. The molecule has 6 heteroatoms. The molecule has 0 saturated heterocycles. The largest absolute Gasteiger partial charge is 0.461 e. The first-order valence-electron chi connectivity index (χ1n) is 8.02. The molecule has 0 bridgehead atoms. The highest BCUT2D eigenvalue weighted by atomic mass is 32.2. The third kappa shape index (κ3) is 3.35. The fraction of sp³-hybridized carbons (Fsp3) is 0.444. The molecule has 0 radical (unpaired) electrons. The number of esters is 1. The maximum Gasteiger partial charge on any atom is 0.359 e. The second-order valence-corrected chi connectivity index (χ2v) is 6.35. The van der Waals surface area contributed by atoms with Gasteiger partial charge < -0.3 is 9.47 Å². The molecule has 1 aromatic heterocycles. The van der Waals surface area contributed by atoms with Crippen molar-refractivity contribution in [2.75, 3.05) is 20.3 Å². The Morgan fingerprint density at radius 3 is 2.71 bits per heavy atom. The van der Waals surface area contributed by atoms with Gasteiger partial charge >= 0.3 is 5.97 Å². The van der Waals surface area contributed by atoms with Gasteiger partial charge in [0.1, 0.15) is 0 Å². The van der Waals surface area contributed by atoms with Gasteiger partial charge in [-0.15, -0.1) is 11.8 Å². The van der Waals surface area contributed by atoms with Gasteiger partial charge in [-0.25, -0.2) is 4.79 Å². The van der Waals surface area contributed by atoms with Crippen LogP contribution in [0.15, 0.2) is 30.2 Å². The van der Waals surface area contributed by atoms with Crippen LogP contribution >= 0.6 is 11.8 Å². The Hall–Kier alpha value is -1.79. The number of carbonyl (C=O) groups excluding carboxylic acids is 1. The van der Waals surface area contributed by atoms with Gasteiger partial charge in [0.05, 0.1) is 24.9 Å². The molecule has 2 heterocycles. The number of fused-ring (bicyclic) bond motifs is 1. The number of hydrogen-bond acceptors (Lipinski definition) is 5. The van der Waals surface area contributed by atoms with Gasteiger partial charge in [0.15, 0.2) is 5.69 Å². The number of hydrogen-bond donors (Lipinski definition) is 0. The summed E-state index contributed by atoms with van der Waals surface area (Å²) in [5.74, 6) is 0.275. The molecule has 0 fully saturated rings. The maximum absolute atomic E-state index is 12.3. The monoisotopic (exact) mass is 348 g/mol. The summed E-state index contributed by atoms with van der Waals surface area (Å²) in [5.41, 5.74) is 3.16. The van der Waals surface area contributed by atoms with Crippen molar-refractivity contribution in [1.29, 1.82) is 0 Å². The summed E-state index contributed by atoms with van der Waals surface area (Å²) >= 11 is 1.63. The zero-order valence-corrected chi connectivity index (χ0v) is 15.3. The van der Waals surface area contributed by atoms with Gasteiger partial charge in [0, 0.05) is 28.9 Å². The van der Waals surface area contributed by atoms with Crippen molar-refractivity contribution in [3.05, 3.63) is 47.2 Å². The average Bonchev–Trinajstić information content (AvgIpc) is 2.98. The Kier molecular flexibility index (Phi) is 6.45. The molecule has 130 valence electrons. The predicted molar refractivity (Wildman–Crippen MR) is 98.0 cm³/mol. The third-order valence-corrected chi connectivity index (χ3v) is 5.07. The van der Waals surface area contributed by atoms with E-state index in [4.69, 9.17) is 9.47 Å². The summed E-state index contributed by atoms with van der Waals surface area (Å²) in [6, 6.07) is 0.0380. The second kappa shape index (κ2) is 8.35. The first-order valence-corrected chi connectivity index (χ1v) is 9.01. The Morgan fingerprint density at radius 1 is 1.42 bits per heavy atom. The number of carbonyl (C=O) groups is 1. The van der Waals surface area contributed by atoms with Crippen molar-refractivity contribution in [2.24, 2.45) is 0 Å². The van der Waals surface area contributed by atoms with Crippen LogP contribution in [-0.2, 0) is 15.2 Å². The maximum atomic E-state index is 12.3. The van der Waals surface area contributed by atoms with Crippen LogP contribution in [0, 0.1) is 0 Å².